The molecule has 0 spiro atoms. The topological polar surface area (TPSA) is 59.0 Å². The first-order chi connectivity index (χ1) is 8.79. The van der Waals surface area contributed by atoms with Crippen molar-refractivity contribution in [1.29, 1.82) is 0 Å². The molecule has 0 saturated carbocycles. The standard InChI is InChI=1S/C13H22N4O/c1-2-11-4-6-14-12(10-11)13(18)15-7-9-17-8-3-5-16-17/h3,5,8,11-12,14H,2,4,6-7,9-10H2,1H3,(H,15,18). The van der Waals surface area contributed by atoms with E-state index in [9.17, 15) is 4.79 Å². The molecule has 18 heavy (non-hydrogen) atoms. The van der Waals surface area contributed by atoms with E-state index in [-0.39, 0.29) is 11.9 Å². The van der Waals surface area contributed by atoms with Crippen LogP contribution in [0.15, 0.2) is 18.5 Å². The lowest BCUT2D eigenvalue weighted by Crippen LogP contribution is -2.49. The Morgan fingerprint density at radius 2 is 2.50 bits per heavy atom. The zero-order chi connectivity index (χ0) is 12.8. The van der Waals surface area contributed by atoms with Crippen LogP contribution in [0.4, 0.5) is 0 Å². The molecule has 5 heteroatoms. The molecule has 100 valence electrons. The molecule has 1 saturated heterocycles. The van der Waals surface area contributed by atoms with Gasteiger partial charge in [-0.15, -0.1) is 0 Å². The molecule has 1 aliphatic rings. The minimum absolute atomic E-state index is 0.0127. The van der Waals surface area contributed by atoms with E-state index in [0.717, 1.165) is 19.5 Å². The van der Waals surface area contributed by atoms with Gasteiger partial charge in [-0.3, -0.25) is 9.48 Å². The Morgan fingerprint density at radius 3 is 3.22 bits per heavy atom. The van der Waals surface area contributed by atoms with Gasteiger partial charge in [0.05, 0.1) is 12.6 Å². The van der Waals surface area contributed by atoms with Crippen LogP contribution in [-0.4, -0.2) is 34.8 Å². The molecule has 1 aromatic heterocycles. The van der Waals surface area contributed by atoms with Gasteiger partial charge in [-0.1, -0.05) is 13.3 Å². The maximum Gasteiger partial charge on any atom is 0.237 e. The fourth-order valence-corrected chi connectivity index (χ4v) is 2.42. The number of piperidine rings is 1. The molecular weight excluding hydrogens is 228 g/mol. The highest BCUT2D eigenvalue weighted by Gasteiger charge is 2.25. The van der Waals surface area contributed by atoms with Gasteiger partial charge in [0.2, 0.25) is 5.91 Å². The Hall–Kier alpha value is -1.36. The Labute approximate surface area is 108 Å². The van der Waals surface area contributed by atoms with Gasteiger partial charge in [0.1, 0.15) is 0 Å². The first-order valence-electron chi connectivity index (χ1n) is 6.78. The lowest BCUT2D eigenvalue weighted by molar-refractivity contribution is -0.124. The monoisotopic (exact) mass is 250 g/mol. The molecule has 0 aromatic carbocycles. The number of nitrogens with zero attached hydrogens (tertiary/aromatic N) is 2. The van der Waals surface area contributed by atoms with Crippen LogP contribution in [-0.2, 0) is 11.3 Å². The van der Waals surface area contributed by atoms with Gasteiger partial charge in [0.15, 0.2) is 0 Å². The van der Waals surface area contributed by atoms with Crippen molar-refractivity contribution < 1.29 is 4.79 Å². The SMILES string of the molecule is CCC1CCNC(C(=O)NCCn2cccn2)C1. The van der Waals surface area contributed by atoms with E-state index in [1.54, 1.807) is 6.20 Å². The largest absolute Gasteiger partial charge is 0.353 e. The second-order valence-corrected chi connectivity index (χ2v) is 4.87. The fraction of sp³-hybridized carbons (Fsp3) is 0.692. The van der Waals surface area contributed by atoms with Crippen molar-refractivity contribution in [2.24, 2.45) is 5.92 Å². The third-order valence-corrected chi connectivity index (χ3v) is 3.61. The lowest BCUT2D eigenvalue weighted by atomic mass is 9.90. The van der Waals surface area contributed by atoms with Gasteiger partial charge in [0.25, 0.3) is 0 Å². The number of aromatic nitrogens is 2. The summed E-state index contributed by atoms with van der Waals surface area (Å²) in [5, 5.41) is 10.4. The van der Waals surface area contributed by atoms with Crippen molar-refractivity contribution in [2.75, 3.05) is 13.1 Å². The molecule has 2 N–H and O–H groups in total. The molecule has 0 radical (unpaired) electrons. The highest BCUT2D eigenvalue weighted by molar-refractivity contribution is 5.81. The van der Waals surface area contributed by atoms with Crippen molar-refractivity contribution in [2.45, 2.75) is 38.8 Å². The highest BCUT2D eigenvalue weighted by atomic mass is 16.2. The summed E-state index contributed by atoms with van der Waals surface area (Å²) in [5.74, 6) is 0.813. The van der Waals surface area contributed by atoms with Gasteiger partial charge in [-0.05, 0) is 31.4 Å². The van der Waals surface area contributed by atoms with Gasteiger partial charge in [-0.2, -0.15) is 5.10 Å². The van der Waals surface area contributed by atoms with Crippen LogP contribution in [0.3, 0.4) is 0 Å². The Morgan fingerprint density at radius 1 is 1.61 bits per heavy atom. The minimum atomic E-state index is -0.0127. The van der Waals surface area contributed by atoms with Crippen molar-refractivity contribution in [1.82, 2.24) is 20.4 Å². The number of amides is 1. The average molecular weight is 250 g/mol. The van der Waals surface area contributed by atoms with Gasteiger partial charge in [-0.25, -0.2) is 0 Å². The second-order valence-electron chi connectivity index (χ2n) is 4.87. The van der Waals surface area contributed by atoms with E-state index in [4.69, 9.17) is 0 Å². The van der Waals surface area contributed by atoms with E-state index >= 15 is 0 Å². The molecule has 1 aromatic rings. The maximum absolute atomic E-state index is 12.0. The number of carbonyl (C=O) groups is 1. The number of carbonyl (C=O) groups excluding carboxylic acids is 1. The van der Waals surface area contributed by atoms with Crippen molar-refractivity contribution in [3.05, 3.63) is 18.5 Å². The van der Waals surface area contributed by atoms with E-state index in [1.165, 1.54) is 12.8 Å². The summed E-state index contributed by atoms with van der Waals surface area (Å²) in [5.41, 5.74) is 0. The van der Waals surface area contributed by atoms with Crippen molar-refractivity contribution in [3.8, 4) is 0 Å². The normalized spacial score (nSPS) is 23.8. The first-order valence-corrected chi connectivity index (χ1v) is 6.78. The lowest BCUT2D eigenvalue weighted by Gasteiger charge is -2.28. The molecular formula is C13H22N4O. The summed E-state index contributed by atoms with van der Waals surface area (Å²) >= 11 is 0. The zero-order valence-corrected chi connectivity index (χ0v) is 10.9. The molecule has 5 nitrogen and oxygen atoms in total. The summed E-state index contributed by atoms with van der Waals surface area (Å²) < 4.78 is 1.82. The number of rotatable bonds is 5. The summed E-state index contributed by atoms with van der Waals surface area (Å²) in [7, 11) is 0. The predicted octanol–water partition coefficient (Wildman–Crippen LogP) is 0.777. The smallest absolute Gasteiger partial charge is 0.237 e. The van der Waals surface area contributed by atoms with E-state index in [2.05, 4.69) is 22.7 Å². The van der Waals surface area contributed by atoms with Gasteiger partial charge < -0.3 is 10.6 Å². The van der Waals surface area contributed by atoms with Crippen LogP contribution in [0, 0.1) is 5.92 Å². The molecule has 2 rings (SSSR count). The highest BCUT2D eigenvalue weighted by Crippen LogP contribution is 2.19. The van der Waals surface area contributed by atoms with E-state index in [1.807, 2.05) is 16.9 Å². The van der Waals surface area contributed by atoms with Crippen molar-refractivity contribution >= 4 is 5.91 Å². The molecule has 1 amide bonds. The molecule has 2 heterocycles. The van der Waals surface area contributed by atoms with Gasteiger partial charge in [0, 0.05) is 18.9 Å². The van der Waals surface area contributed by atoms with E-state index in [0.29, 0.717) is 12.5 Å². The first kappa shape index (κ1) is 13.1. The summed E-state index contributed by atoms with van der Waals surface area (Å²) in [6.45, 7) is 4.51. The Kier molecular flexibility index (Phi) is 4.75. The van der Waals surface area contributed by atoms with Gasteiger partial charge >= 0.3 is 0 Å². The fourth-order valence-electron chi connectivity index (χ4n) is 2.42. The predicted molar refractivity (Wildman–Crippen MR) is 70.0 cm³/mol. The van der Waals surface area contributed by atoms with E-state index < -0.39 is 0 Å². The molecule has 2 unspecified atom stereocenters. The number of nitrogens with one attached hydrogen (secondary N) is 2. The molecule has 0 bridgehead atoms. The summed E-state index contributed by atoms with van der Waals surface area (Å²) in [6, 6.07) is 1.87. The summed E-state index contributed by atoms with van der Waals surface area (Å²) in [6.07, 6.45) is 6.96. The van der Waals surface area contributed by atoms with Crippen LogP contribution in [0.1, 0.15) is 26.2 Å². The molecule has 1 aliphatic heterocycles. The van der Waals surface area contributed by atoms with Crippen LogP contribution >= 0.6 is 0 Å². The van der Waals surface area contributed by atoms with Crippen LogP contribution < -0.4 is 10.6 Å². The van der Waals surface area contributed by atoms with Crippen LogP contribution in [0.2, 0.25) is 0 Å². The third kappa shape index (κ3) is 3.57. The Bertz CT molecular complexity index is 363. The van der Waals surface area contributed by atoms with Crippen LogP contribution in [0.5, 0.6) is 0 Å². The third-order valence-electron chi connectivity index (χ3n) is 3.61. The van der Waals surface area contributed by atoms with Crippen molar-refractivity contribution in [3.63, 3.8) is 0 Å². The Balaban J connectivity index is 1.70. The summed E-state index contributed by atoms with van der Waals surface area (Å²) in [4.78, 5) is 12.0. The molecule has 2 atom stereocenters. The van der Waals surface area contributed by atoms with Crippen LogP contribution in [0.25, 0.3) is 0 Å². The maximum atomic E-state index is 12.0. The minimum Gasteiger partial charge on any atom is -0.353 e. The second kappa shape index (κ2) is 6.54. The molecule has 1 fully saturated rings. The number of hydrogen-bond acceptors (Lipinski definition) is 3. The molecule has 0 aliphatic carbocycles. The average Bonchev–Trinajstić information content (AvgIpc) is 2.92. The number of hydrogen-bond donors (Lipinski definition) is 2. The zero-order valence-electron chi connectivity index (χ0n) is 10.9. The quantitative estimate of drug-likeness (QED) is 0.812.